The third-order valence-electron chi connectivity index (χ3n) is 10.7. The van der Waals surface area contributed by atoms with Crippen LogP contribution >= 0.6 is 34.7 Å². The molecule has 6 N–H and O–H groups in total. The van der Waals surface area contributed by atoms with E-state index in [-0.39, 0.29) is 46.2 Å². The number of aromatic nitrogens is 1. The number of hydrogen-bond acceptors (Lipinski definition) is 15. The number of carbonyl (C=O) groups excluding carboxylic acids is 5. The van der Waals surface area contributed by atoms with Crippen molar-refractivity contribution in [1.82, 2.24) is 15.2 Å². The summed E-state index contributed by atoms with van der Waals surface area (Å²) in [6, 6.07) is 2.23. The molecule has 2 amide bonds. The molecule has 20 heteroatoms. The van der Waals surface area contributed by atoms with Crippen LogP contribution in [0, 0.1) is 11.3 Å². The Labute approximate surface area is 321 Å². The fraction of sp³-hybridized carbons (Fsp3) is 0.471. The summed E-state index contributed by atoms with van der Waals surface area (Å²) in [5, 5.41) is 48.4. The van der Waals surface area contributed by atoms with Crippen molar-refractivity contribution in [3.63, 3.8) is 0 Å². The SMILES string of the molecule is CC(C)(O/N=C(\C(=O)C[C@@H]1C(=O)N2C(C(=O)[O-])=C(C[N+]34CCC(CNC(=O)C(=O)c5ccc(O)c(O)c5Cl)(CC3)CC4)CS[C@H]12)c1csc(N)n1)C(=O)O. The van der Waals surface area contributed by atoms with Crippen molar-refractivity contribution in [2.45, 2.75) is 50.5 Å². The van der Waals surface area contributed by atoms with Gasteiger partial charge in [-0.05, 0) is 26.0 Å². The van der Waals surface area contributed by atoms with E-state index in [4.69, 9.17) is 22.2 Å². The minimum absolute atomic E-state index is 0.0539. The first kappa shape index (κ1) is 39.0. The number of carbonyl (C=O) groups is 6. The van der Waals surface area contributed by atoms with Crippen LogP contribution in [0.15, 0.2) is 33.9 Å². The second-order valence-corrected chi connectivity index (χ2v) is 16.9. The summed E-state index contributed by atoms with van der Waals surface area (Å²) in [7, 11) is 0. The first-order chi connectivity index (χ1) is 25.4. The molecule has 1 aromatic carbocycles. The highest BCUT2D eigenvalue weighted by Gasteiger charge is 2.55. The number of phenols is 2. The summed E-state index contributed by atoms with van der Waals surface area (Å²) in [6.07, 6.45) is 1.73. The number of halogens is 1. The van der Waals surface area contributed by atoms with Crippen LogP contribution in [-0.4, -0.2) is 120 Å². The number of ketones is 2. The Morgan fingerprint density at radius 2 is 1.85 bits per heavy atom. The average molecular weight is 805 g/mol. The lowest BCUT2D eigenvalue weighted by Crippen LogP contribution is -2.66. The molecular formula is C34H37ClN6O11S2. The number of quaternary nitrogens is 1. The number of benzene rings is 1. The number of rotatable bonds is 14. The fourth-order valence-electron chi connectivity index (χ4n) is 7.30. The lowest BCUT2D eigenvalue weighted by Gasteiger charge is -2.56. The molecule has 0 unspecified atom stereocenters. The van der Waals surface area contributed by atoms with Gasteiger partial charge < -0.3 is 45.6 Å². The van der Waals surface area contributed by atoms with Crippen LogP contribution in [0.4, 0.5) is 5.13 Å². The molecule has 5 aliphatic rings. The number of nitrogens with two attached hydrogens (primary N) is 1. The highest BCUT2D eigenvalue weighted by Crippen LogP contribution is 2.48. The Morgan fingerprint density at radius 3 is 2.44 bits per heavy atom. The molecule has 7 rings (SSSR count). The smallest absolute Gasteiger partial charge is 0.350 e. The molecule has 5 aliphatic heterocycles. The Balaban J connectivity index is 1.10. The number of piperidine rings is 3. The average Bonchev–Trinajstić information content (AvgIpc) is 3.57. The number of nitrogens with zero attached hydrogens (tertiary/aromatic N) is 4. The Morgan fingerprint density at radius 1 is 1.19 bits per heavy atom. The normalized spacial score (nSPS) is 25.1. The van der Waals surface area contributed by atoms with Gasteiger partial charge in [-0.15, -0.1) is 23.1 Å². The number of oxime groups is 1. The van der Waals surface area contributed by atoms with Gasteiger partial charge in [0.25, 0.3) is 11.7 Å². The highest BCUT2D eigenvalue weighted by atomic mass is 35.5. The number of phenolic OH excluding ortho intramolecular Hbond substituents is 2. The number of amides is 2. The molecule has 2 aromatic rings. The number of nitrogen functional groups attached to an aromatic ring is 1. The van der Waals surface area contributed by atoms with E-state index in [2.05, 4.69) is 15.5 Å². The molecule has 6 heterocycles. The summed E-state index contributed by atoms with van der Waals surface area (Å²) in [5.74, 6) is -7.68. The van der Waals surface area contributed by atoms with Crippen LogP contribution in [0.5, 0.6) is 11.5 Å². The fourth-order valence-corrected chi connectivity index (χ4v) is 9.50. The van der Waals surface area contributed by atoms with Crippen LogP contribution in [0.1, 0.15) is 55.6 Å². The van der Waals surface area contributed by atoms with Gasteiger partial charge in [-0.1, -0.05) is 16.8 Å². The Bertz CT molecular complexity index is 2010. The third kappa shape index (κ3) is 7.24. The number of thioether (sulfide) groups is 1. The van der Waals surface area contributed by atoms with Gasteiger partial charge >= 0.3 is 5.97 Å². The van der Waals surface area contributed by atoms with Gasteiger partial charge in [0.05, 0.1) is 53.2 Å². The van der Waals surface area contributed by atoms with Gasteiger partial charge in [-0.25, -0.2) is 9.78 Å². The predicted octanol–water partition coefficient (Wildman–Crippen LogP) is 0.868. The minimum atomic E-state index is -1.77. The number of Topliss-reactive ketones (excluding diaryl/α,β-unsaturated/α-hetero) is 2. The molecule has 0 radical (unpaired) electrons. The third-order valence-corrected chi connectivity index (χ3v) is 13.2. The number of aliphatic carboxylic acids is 2. The van der Waals surface area contributed by atoms with Gasteiger partial charge in [0.1, 0.15) is 12.2 Å². The van der Waals surface area contributed by atoms with Gasteiger partial charge in [0.2, 0.25) is 11.5 Å². The van der Waals surface area contributed by atoms with E-state index >= 15 is 0 Å². The van der Waals surface area contributed by atoms with Crippen molar-refractivity contribution in [1.29, 1.82) is 0 Å². The van der Waals surface area contributed by atoms with Gasteiger partial charge in [-0.2, -0.15) is 0 Å². The van der Waals surface area contributed by atoms with Crippen LogP contribution < -0.4 is 16.2 Å². The van der Waals surface area contributed by atoms with E-state index in [9.17, 15) is 49.2 Å². The largest absolute Gasteiger partial charge is 0.543 e. The van der Waals surface area contributed by atoms with Crippen LogP contribution in [0.25, 0.3) is 0 Å². The molecule has 17 nitrogen and oxygen atoms in total. The maximum Gasteiger partial charge on any atom is 0.350 e. The minimum Gasteiger partial charge on any atom is -0.543 e. The second kappa shape index (κ2) is 14.5. The van der Waals surface area contributed by atoms with Crippen molar-refractivity contribution < 1.29 is 58.5 Å². The standard InChI is InChI=1S/C34H37ClN6O11S2/c1-33(2,31(50)51)52-39-23(19-14-54-32(36)38-19)21(43)11-18-28(47)40-24(30(48)49)16(13-53-29(18)40)12-41-8-5-34(6-9-41,7-10-41)15-37-27(46)25(44)17-3-4-20(42)26(45)22(17)35/h3-4,14,18,29H,5-13,15H2,1-2H3,(H6-,36,37,38,39,42,43,44,45,46,48,49,50,51)/t18-,29-,34?,41?/m1/s1. The summed E-state index contributed by atoms with van der Waals surface area (Å²) in [5.41, 5.74) is 3.56. The number of nitrogens with one attached hydrogen (secondary N) is 1. The van der Waals surface area contributed by atoms with Gasteiger partial charge in [0, 0.05) is 54.3 Å². The Hall–Kier alpha value is -4.72. The molecule has 4 fully saturated rings. The molecule has 54 heavy (non-hydrogen) atoms. The van der Waals surface area contributed by atoms with E-state index in [1.807, 2.05) is 0 Å². The predicted molar refractivity (Wildman–Crippen MR) is 192 cm³/mol. The summed E-state index contributed by atoms with van der Waals surface area (Å²) in [4.78, 5) is 87.1. The van der Waals surface area contributed by atoms with Gasteiger partial charge in [0.15, 0.2) is 28.1 Å². The van der Waals surface area contributed by atoms with Gasteiger partial charge in [-0.3, -0.25) is 24.1 Å². The quantitative estimate of drug-likeness (QED) is 0.0338. The molecule has 0 aliphatic carbocycles. The van der Waals surface area contributed by atoms with Crippen molar-refractivity contribution >= 4 is 80.9 Å². The van der Waals surface area contributed by atoms with E-state index in [1.165, 1.54) is 35.9 Å². The first-order valence-corrected chi connectivity index (χ1v) is 19.2. The first-order valence-electron chi connectivity index (χ1n) is 16.9. The van der Waals surface area contributed by atoms with Crippen molar-refractivity contribution in [2.75, 3.05) is 44.2 Å². The molecule has 2 bridgehead atoms. The maximum absolute atomic E-state index is 13.5. The summed E-state index contributed by atoms with van der Waals surface area (Å²) >= 11 is 8.35. The number of β-lactam (4-membered cyclic amide) rings is 1. The van der Waals surface area contributed by atoms with E-state index in [0.29, 0.717) is 61.3 Å². The molecule has 1 aromatic heterocycles. The number of carboxylic acid groups (broad SMARTS) is 2. The van der Waals surface area contributed by atoms with E-state index in [1.54, 1.807) is 0 Å². The molecule has 0 saturated carbocycles. The van der Waals surface area contributed by atoms with Crippen molar-refractivity contribution in [3.8, 4) is 11.5 Å². The molecule has 2 atom stereocenters. The lowest BCUT2D eigenvalue weighted by atomic mass is 9.70. The molecular weight excluding hydrogens is 768 g/mol. The molecule has 0 spiro atoms. The zero-order valence-electron chi connectivity index (χ0n) is 29.1. The van der Waals surface area contributed by atoms with Crippen LogP contribution in [0.2, 0.25) is 5.02 Å². The van der Waals surface area contributed by atoms with Crippen molar-refractivity contribution in [3.05, 3.63) is 45.1 Å². The zero-order chi connectivity index (χ0) is 39.3. The van der Waals surface area contributed by atoms with E-state index < -0.39 is 68.7 Å². The van der Waals surface area contributed by atoms with E-state index in [0.717, 1.165) is 23.5 Å². The van der Waals surface area contributed by atoms with Crippen molar-refractivity contribution in [2.24, 2.45) is 16.5 Å². The maximum atomic E-state index is 13.5. The summed E-state index contributed by atoms with van der Waals surface area (Å²) in [6.45, 7) is 5.13. The number of fused-ring (bicyclic) bond motifs is 4. The molecule has 288 valence electrons. The summed E-state index contributed by atoms with van der Waals surface area (Å²) < 4.78 is 0.585. The second-order valence-electron chi connectivity index (χ2n) is 14.5. The highest BCUT2D eigenvalue weighted by molar-refractivity contribution is 8.00. The topological polar surface area (TPSA) is 262 Å². The number of anilines is 1. The molecule has 4 saturated heterocycles. The number of hydrogen-bond donors (Lipinski definition) is 5. The monoisotopic (exact) mass is 804 g/mol. The number of carboxylic acids is 2. The zero-order valence-corrected chi connectivity index (χ0v) is 31.5. The number of aromatic hydroxyl groups is 2. The Kier molecular flexibility index (Phi) is 10.5. The van der Waals surface area contributed by atoms with Crippen LogP contribution in [-0.2, 0) is 28.8 Å². The van der Waals surface area contributed by atoms with Crippen LogP contribution in [0.3, 0.4) is 0 Å². The number of thiazole rings is 1. The lowest BCUT2D eigenvalue weighted by molar-refractivity contribution is -0.941.